The molecule has 2 saturated heterocycles. The van der Waals surface area contributed by atoms with Crippen LogP contribution in [0.1, 0.15) is 0 Å². The second kappa shape index (κ2) is 7.42. The van der Waals surface area contributed by atoms with Crippen molar-refractivity contribution in [2.24, 2.45) is 0 Å². The molecule has 0 aromatic carbocycles. The van der Waals surface area contributed by atoms with E-state index >= 15 is 0 Å². The number of alkyl halides is 1. The molecule has 2 fully saturated rings. The average molecular weight is 361 g/mol. The van der Waals surface area contributed by atoms with Gasteiger partial charge in [-0.3, -0.25) is 0 Å². The van der Waals surface area contributed by atoms with Crippen LogP contribution in [0, 0.1) is 0 Å². The lowest BCUT2D eigenvalue weighted by molar-refractivity contribution is -0.380. The number of aliphatic hydroxyl groups is 7. The van der Waals surface area contributed by atoms with E-state index in [1.807, 2.05) is 0 Å². The van der Waals surface area contributed by atoms with Gasteiger partial charge in [-0.15, -0.1) is 11.6 Å². The van der Waals surface area contributed by atoms with Gasteiger partial charge in [0.2, 0.25) is 5.79 Å². The monoisotopic (exact) mass is 360 g/mol. The molecule has 2 rings (SSSR count). The van der Waals surface area contributed by atoms with Crippen LogP contribution < -0.4 is 0 Å². The molecule has 0 radical (unpaired) electrons. The van der Waals surface area contributed by atoms with Gasteiger partial charge in [0.25, 0.3) is 0 Å². The first-order chi connectivity index (χ1) is 10.8. The molecule has 11 heteroatoms. The lowest BCUT2D eigenvalue weighted by atomic mass is 9.99. The van der Waals surface area contributed by atoms with E-state index in [1.165, 1.54) is 0 Å². The topological polar surface area (TPSA) is 169 Å². The van der Waals surface area contributed by atoms with Gasteiger partial charge in [0.15, 0.2) is 6.29 Å². The Balaban J connectivity index is 2.18. The van der Waals surface area contributed by atoms with E-state index in [9.17, 15) is 30.6 Å². The summed E-state index contributed by atoms with van der Waals surface area (Å²) in [6.45, 7) is -1.58. The van der Waals surface area contributed by atoms with E-state index < -0.39 is 68.0 Å². The Bertz CT molecular complexity index is 398. The Kier molecular flexibility index (Phi) is 6.20. The fourth-order valence-corrected chi connectivity index (χ4v) is 2.86. The first-order valence-corrected chi connectivity index (χ1v) is 7.54. The van der Waals surface area contributed by atoms with Crippen LogP contribution in [-0.2, 0) is 14.2 Å². The number of halogens is 1. The van der Waals surface area contributed by atoms with Crippen molar-refractivity contribution in [3.8, 4) is 0 Å². The number of hydrogen-bond acceptors (Lipinski definition) is 10. The van der Waals surface area contributed by atoms with Gasteiger partial charge in [0.05, 0.1) is 12.5 Å². The summed E-state index contributed by atoms with van der Waals surface area (Å²) in [6, 6.07) is 0. The van der Waals surface area contributed by atoms with Crippen LogP contribution in [0.4, 0.5) is 0 Å². The summed E-state index contributed by atoms with van der Waals surface area (Å²) in [4.78, 5) is 0. The molecule has 136 valence electrons. The summed E-state index contributed by atoms with van der Waals surface area (Å²) in [5.41, 5.74) is 0. The molecule has 23 heavy (non-hydrogen) atoms. The highest BCUT2D eigenvalue weighted by Crippen LogP contribution is 2.35. The lowest BCUT2D eigenvalue weighted by Crippen LogP contribution is -2.62. The van der Waals surface area contributed by atoms with Crippen LogP contribution >= 0.6 is 11.6 Å². The Hall–Kier alpha value is -0.110. The van der Waals surface area contributed by atoms with Crippen molar-refractivity contribution in [1.82, 2.24) is 0 Å². The molecule has 0 bridgehead atoms. The Morgan fingerprint density at radius 1 is 0.913 bits per heavy atom. The molecule has 0 unspecified atom stereocenters. The number of aliphatic hydroxyl groups excluding tert-OH is 7. The summed E-state index contributed by atoms with van der Waals surface area (Å²) in [5.74, 6) is -2.40. The van der Waals surface area contributed by atoms with Gasteiger partial charge in [0.1, 0.15) is 49.3 Å². The van der Waals surface area contributed by atoms with E-state index in [0.29, 0.717) is 0 Å². The van der Waals surface area contributed by atoms with E-state index in [2.05, 4.69) is 0 Å². The van der Waals surface area contributed by atoms with E-state index in [-0.39, 0.29) is 5.88 Å². The minimum absolute atomic E-state index is 0.220. The van der Waals surface area contributed by atoms with Crippen LogP contribution in [-0.4, -0.2) is 110 Å². The molecule has 0 saturated carbocycles. The standard InChI is InChI=1S/C12H21ClO10/c13-1-4-6(16)8(18)9(19)11(21-4)23-12(3-15)10(20)7(17)5(2-14)22-12/h4-11,14-20H,1-3H2/t4-,5-,6-,7-,8+,9-,10+,11-,12+/m1/s1. The molecule has 0 spiro atoms. The zero-order valence-corrected chi connectivity index (χ0v) is 12.7. The zero-order valence-electron chi connectivity index (χ0n) is 12.0. The van der Waals surface area contributed by atoms with E-state index in [4.69, 9.17) is 30.9 Å². The molecule has 2 heterocycles. The van der Waals surface area contributed by atoms with E-state index in [1.54, 1.807) is 0 Å². The molecular formula is C12H21ClO10. The lowest BCUT2D eigenvalue weighted by Gasteiger charge is -2.43. The third-order valence-electron chi connectivity index (χ3n) is 4.04. The van der Waals surface area contributed by atoms with Crippen molar-refractivity contribution >= 4 is 11.6 Å². The van der Waals surface area contributed by atoms with Gasteiger partial charge in [0, 0.05) is 0 Å². The van der Waals surface area contributed by atoms with Gasteiger partial charge in [-0.2, -0.15) is 0 Å². The second-order valence-electron chi connectivity index (χ2n) is 5.53. The van der Waals surface area contributed by atoms with Gasteiger partial charge in [-0.25, -0.2) is 0 Å². The molecule has 0 aromatic heterocycles. The average Bonchev–Trinajstić information content (AvgIpc) is 2.80. The summed E-state index contributed by atoms with van der Waals surface area (Å²) in [7, 11) is 0. The zero-order chi connectivity index (χ0) is 17.4. The smallest absolute Gasteiger partial charge is 0.224 e. The highest BCUT2D eigenvalue weighted by Gasteiger charge is 2.58. The first kappa shape index (κ1) is 19.2. The molecule has 2 aliphatic heterocycles. The highest BCUT2D eigenvalue weighted by atomic mass is 35.5. The molecular weight excluding hydrogens is 340 g/mol. The van der Waals surface area contributed by atoms with Crippen molar-refractivity contribution in [3.63, 3.8) is 0 Å². The molecule has 9 atom stereocenters. The molecule has 2 aliphatic rings. The predicted molar refractivity (Wildman–Crippen MR) is 72.3 cm³/mol. The summed E-state index contributed by atoms with van der Waals surface area (Å²) in [5, 5.41) is 67.8. The number of hydrogen-bond donors (Lipinski definition) is 7. The molecule has 0 amide bonds. The van der Waals surface area contributed by atoms with Crippen molar-refractivity contribution in [3.05, 3.63) is 0 Å². The van der Waals surface area contributed by atoms with Gasteiger partial charge < -0.3 is 50.0 Å². The SMILES string of the molecule is OC[C@H]1O[C@@](CO)(O[C@H]2O[C@H](CCl)[C@@H](O)[C@H](O)[C@H]2O)[C@@H](O)[C@@H]1O. The van der Waals surface area contributed by atoms with Crippen LogP contribution in [0.15, 0.2) is 0 Å². The van der Waals surface area contributed by atoms with Crippen LogP contribution in [0.25, 0.3) is 0 Å². The molecule has 0 aliphatic carbocycles. The van der Waals surface area contributed by atoms with Crippen molar-refractivity contribution < 1.29 is 50.0 Å². The molecule has 7 N–H and O–H groups in total. The minimum atomic E-state index is -2.18. The molecule has 0 aromatic rings. The van der Waals surface area contributed by atoms with Crippen molar-refractivity contribution in [2.45, 2.75) is 54.8 Å². The quantitative estimate of drug-likeness (QED) is 0.239. The van der Waals surface area contributed by atoms with E-state index in [0.717, 1.165) is 0 Å². The van der Waals surface area contributed by atoms with Gasteiger partial charge in [-0.1, -0.05) is 0 Å². The normalized spacial score (nSPS) is 51.1. The first-order valence-electron chi connectivity index (χ1n) is 7.00. The highest BCUT2D eigenvalue weighted by molar-refractivity contribution is 6.18. The number of ether oxygens (including phenoxy) is 3. The fourth-order valence-electron chi connectivity index (χ4n) is 2.61. The predicted octanol–water partition coefficient (Wildman–Crippen LogP) is -4.15. The largest absolute Gasteiger partial charge is 0.394 e. The van der Waals surface area contributed by atoms with Crippen LogP contribution in [0.3, 0.4) is 0 Å². The molecule has 10 nitrogen and oxygen atoms in total. The Morgan fingerprint density at radius 3 is 2.04 bits per heavy atom. The summed E-state index contributed by atoms with van der Waals surface area (Å²) >= 11 is 5.60. The van der Waals surface area contributed by atoms with Gasteiger partial charge >= 0.3 is 0 Å². The second-order valence-corrected chi connectivity index (χ2v) is 5.84. The maximum Gasteiger partial charge on any atom is 0.224 e. The van der Waals surface area contributed by atoms with Crippen LogP contribution in [0.2, 0.25) is 0 Å². The fraction of sp³-hybridized carbons (Fsp3) is 1.00. The maximum absolute atomic E-state index is 10.0. The Labute approximate surface area is 136 Å². The third-order valence-corrected chi connectivity index (χ3v) is 4.35. The summed E-state index contributed by atoms with van der Waals surface area (Å²) in [6.07, 6.45) is -12.0. The third kappa shape index (κ3) is 3.34. The van der Waals surface area contributed by atoms with Crippen molar-refractivity contribution in [2.75, 3.05) is 19.1 Å². The van der Waals surface area contributed by atoms with Crippen LogP contribution in [0.5, 0.6) is 0 Å². The summed E-state index contributed by atoms with van der Waals surface area (Å²) < 4.78 is 15.6. The maximum atomic E-state index is 10.0. The van der Waals surface area contributed by atoms with Gasteiger partial charge in [-0.05, 0) is 0 Å². The Morgan fingerprint density at radius 2 is 1.57 bits per heavy atom. The van der Waals surface area contributed by atoms with Crippen molar-refractivity contribution in [1.29, 1.82) is 0 Å². The minimum Gasteiger partial charge on any atom is -0.394 e. The number of rotatable bonds is 5.